The van der Waals surface area contributed by atoms with E-state index in [1.165, 1.54) is 0 Å². The number of carboxylic acids is 1. The van der Waals surface area contributed by atoms with Crippen LogP contribution in [-0.2, 0) is 4.79 Å². The molecule has 0 saturated heterocycles. The van der Waals surface area contributed by atoms with Gasteiger partial charge in [-0.2, -0.15) is 0 Å². The average molecular weight is 347 g/mol. The Balaban J connectivity index is 2.13. The first-order valence-corrected chi connectivity index (χ1v) is 7.58. The van der Waals surface area contributed by atoms with Gasteiger partial charge in [-0.3, -0.25) is 9.69 Å². The molecule has 0 spiro atoms. The molecule has 1 aliphatic carbocycles. The van der Waals surface area contributed by atoms with Crippen LogP contribution in [0.1, 0.15) is 37.8 Å². The van der Waals surface area contributed by atoms with Crippen molar-refractivity contribution < 1.29 is 9.90 Å². The van der Waals surface area contributed by atoms with Crippen molar-refractivity contribution in [1.29, 1.82) is 0 Å². The second-order valence-electron chi connectivity index (χ2n) is 4.95. The molecule has 0 heterocycles. The van der Waals surface area contributed by atoms with Gasteiger partial charge in [0.1, 0.15) is 0 Å². The van der Waals surface area contributed by atoms with Crippen molar-refractivity contribution in [3.8, 4) is 0 Å². The molecule has 104 valence electrons. The van der Waals surface area contributed by atoms with E-state index < -0.39 is 5.97 Å². The largest absolute Gasteiger partial charge is 0.481 e. The number of aliphatic carboxylic acids is 1. The van der Waals surface area contributed by atoms with Gasteiger partial charge >= 0.3 is 5.97 Å². The van der Waals surface area contributed by atoms with Crippen molar-refractivity contribution in [3.63, 3.8) is 0 Å². The number of hydrogen-bond donors (Lipinski definition) is 1. The number of carbonyl (C=O) groups is 1. The van der Waals surface area contributed by atoms with Crippen molar-refractivity contribution >= 4 is 33.5 Å². The van der Waals surface area contributed by atoms with Crippen LogP contribution in [0.25, 0.3) is 0 Å². The number of carboxylic acid groups (broad SMARTS) is 1. The summed E-state index contributed by atoms with van der Waals surface area (Å²) in [6.45, 7) is 2.67. The number of nitrogens with zero attached hydrogens (tertiary/aromatic N) is 1. The number of rotatable bonds is 6. The summed E-state index contributed by atoms with van der Waals surface area (Å²) >= 11 is 9.68. The first kappa shape index (κ1) is 14.8. The Labute approximate surface area is 126 Å². The lowest BCUT2D eigenvalue weighted by Crippen LogP contribution is -2.31. The number of benzene rings is 1. The molecule has 1 saturated carbocycles. The van der Waals surface area contributed by atoms with E-state index in [2.05, 4.69) is 27.8 Å². The maximum Gasteiger partial charge on any atom is 0.304 e. The SMILES string of the molecule is CC(c1ccc(Br)cc1Cl)N(CCC(=O)O)C1CC1. The van der Waals surface area contributed by atoms with Crippen LogP contribution in [0.5, 0.6) is 0 Å². The molecule has 1 aliphatic rings. The van der Waals surface area contributed by atoms with Crippen LogP contribution in [0, 0.1) is 0 Å². The third-order valence-electron chi connectivity index (χ3n) is 3.51. The zero-order valence-corrected chi connectivity index (χ0v) is 13.1. The fourth-order valence-electron chi connectivity index (χ4n) is 2.34. The molecule has 1 atom stereocenters. The average Bonchev–Trinajstić information content (AvgIpc) is 3.13. The van der Waals surface area contributed by atoms with Crippen molar-refractivity contribution in [2.45, 2.75) is 38.3 Å². The quantitative estimate of drug-likeness (QED) is 0.843. The zero-order valence-electron chi connectivity index (χ0n) is 10.8. The van der Waals surface area contributed by atoms with Crippen molar-refractivity contribution in [2.24, 2.45) is 0 Å². The van der Waals surface area contributed by atoms with E-state index in [0.29, 0.717) is 12.6 Å². The Kier molecular flexibility index (Phi) is 4.87. The molecule has 1 fully saturated rings. The molecule has 0 amide bonds. The van der Waals surface area contributed by atoms with E-state index in [4.69, 9.17) is 16.7 Å². The third kappa shape index (κ3) is 3.94. The Morgan fingerprint density at radius 3 is 2.79 bits per heavy atom. The lowest BCUT2D eigenvalue weighted by molar-refractivity contribution is -0.137. The minimum Gasteiger partial charge on any atom is -0.481 e. The lowest BCUT2D eigenvalue weighted by Gasteiger charge is -2.29. The molecule has 3 nitrogen and oxygen atoms in total. The maximum absolute atomic E-state index is 10.8. The molecule has 0 aliphatic heterocycles. The first-order valence-electron chi connectivity index (χ1n) is 6.41. The molecule has 0 bridgehead atoms. The Hall–Kier alpha value is -0.580. The van der Waals surface area contributed by atoms with Gasteiger partial charge in [-0.15, -0.1) is 0 Å². The molecular formula is C14H17BrClNO2. The van der Waals surface area contributed by atoms with E-state index in [1.807, 2.05) is 18.2 Å². The van der Waals surface area contributed by atoms with E-state index in [-0.39, 0.29) is 12.5 Å². The minimum absolute atomic E-state index is 0.146. The van der Waals surface area contributed by atoms with Gasteiger partial charge in [-0.05, 0) is 37.5 Å². The molecular weight excluding hydrogens is 330 g/mol. The highest BCUT2D eigenvalue weighted by atomic mass is 79.9. The zero-order chi connectivity index (χ0) is 14.0. The number of halogens is 2. The molecule has 1 aromatic rings. The molecule has 1 N–H and O–H groups in total. The number of hydrogen-bond acceptors (Lipinski definition) is 2. The highest BCUT2D eigenvalue weighted by molar-refractivity contribution is 9.10. The summed E-state index contributed by atoms with van der Waals surface area (Å²) in [7, 11) is 0. The fourth-order valence-corrected chi connectivity index (χ4v) is 3.17. The van der Waals surface area contributed by atoms with Crippen LogP contribution in [0.3, 0.4) is 0 Å². The summed E-state index contributed by atoms with van der Waals surface area (Å²) < 4.78 is 0.956. The van der Waals surface area contributed by atoms with Gasteiger partial charge < -0.3 is 5.11 Å². The minimum atomic E-state index is -0.750. The molecule has 19 heavy (non-hydrogen) atoms. The summed E-state index contributed by atoms with van der Waals surface area (Å²) in [5.41, 5.74) is 1.06. The lowest BCUT2D eigenvalue weighted by atomic mass is 10.1. The summed E-state index contributed by atoms with van der Waals surface area (Å²) in [4.78, 5) is 13.0. The highest BCUT2D eigenvalue weighted by Crippen LogP contribution is 2.37. The summed E-state index contributed by atoms with van der Waals surface area (Å²) in [5.74, 6) is -0.750. The van der Waals surface area contributed by atoms with Gasteiger partial charge in [0.25, 0.3) is 0 Å². The van der Waals surface area contributed by atoms with Crippen LogP contribution in [-0.4, -0.2) is 28.6 Å². The van der Waals surface area contributed by atoms with E-state index in [0.717, 1.165) is 27.9 Å². The maximum atomic E-state index is 10.8. The Bertz CT molecular complexity index is 477. The Morgan fingerprint density at radius 2 is 2.26 bits per heavy atom. The smallest absolute Gasteiger partial charge is 0.304 e. The standard InChI is InChI=1S/C14H17BrClNO2/c1-9(12-5-2-10(15)8-13(12)16)17(11-3-4-11)7-6-14(18)19/h2,5,8-9,11H,3-4,6-7H2,1H3,(H,18,19). The van der Waals surface area contributed by atoms with Crippen molar-refractivity contribution in [2.75, 3.05) is 6.54 Å². The van der Waals surface area contributed by atoms with Crippen LogP contribution >= 0.6 is 27.5 Å². The molecule has 0 aromatic heterocycles. The van der Waals surface area contributed by atoms with Gasteiger partial charge in [0, 0.05) is 28.1 Å². The fraction of sp³-hybridized carbons (Fsp3) is 0.500. The predicted octanol–water partition coefficient (Wildman–Crippen LogP) is 4.10. The van der Waals surface area contributed by atoms with Crippen molar-refractivity contribution in [1.82, 2.24) is 4.90 Å². The first-order chi connectivity index (χ1) is 8.99. The normalized spacial score (nSPS) is 16.6. The van der Waals surface area contributed by atoms with Gasteiger partial charge in [-0.25, -0.2) is 0 Å². The highest BCUT2D eigenvalue weighted by Gasteiger charge is 2.33. The van der Waals surface area contributed by atoms with Crippen LogP contribution in [0.4, 0.5) is 0 Å². The van der Waals surface area contributed by atoms with Crippen LogP contribution in [0.2, 0.25) is 5.02 Å². The molecule has 1 aromatic carbocycles. The second-order valence-corrected chi connectivity index (χ2v) is 6.28. The van der Waals surface area contributed by atoms with E-state index in [1.54, 1.807) is 0 Å². The third-order valence-corrected chi connectivity index (χ3v) is 4.33. The van der Waals surface area contributed by atoms with Crippen LogP contribution in [0.15, 0.2) is 22.7 Å². The van der Waals surface area contributed by atoms with Gasteiger partial charge in [-0.1, -0.05) is 33.6 Å². The predicted molar refractivity (Wildman–Crippen MR) is 79.5 cm³/mol. The van der Waals surface area contributed by atoms with Crippen LogP contribution < -0.4 is 0 Å². The van der Waals surface area contributed by atoms with E-state index >= 15 is 0 Å². The topological polar surface area (TPSA) is 40.5 Å². The Morgan fingerprint density at radius 1 is 1.58 bits per heavy atom. The molecule has 5 heteroatoms. The summed E-state index contributed by atoms with van der Waals surface area (Å²) in [6, 6.07) is 6.52. The molecule has 0 radical (unpaired) electrons. The van der Waals surface area contributed by atoms with Gasteiger partial charge in [0.2, 0.25) is 0 Å². The monoisotopic (exact) mass is 345 g/mol. The summed E-state index contributed by atoms with van der Waals surface area (Å²) in [5, 5.41) is 9.57. The van der Waals surface area contributed by atoms with E-state index in [9.17, 15) is 4.79 Å². The van der Waals surface area contributed by atoms with Crippen molar-refractivity contribution in [3.05, 3.63) is 33.3 Å². The van der Waals surface area contributed by atoms with Gasteiger partial charge in [0.05, 0.1) is 6.42 Å². The second kappa shape index (κ2) is 6.25. The summed E-state index contributed by atoms with van der Waals surface area (Å²) in [6.07, 6.45) is 2.48. The molecule has 1 unspecified atom stereocenters. The molecule has 2 rings (SSSR count). The van der Waals surface area contributed by atoms with Gasteiger partial charge in [0.15, 0.2) is 0 Å².